The lowest BCUT2D eigenvalue weighted by atomic mass is 10.1. The molecular formula is C13H14O3. The van der Waals surface area contributed by atoms with E-state index in [0.29, 0.717) is 5.56 Å². The molecule has 0 aliphatic heterocycles. The number of hydrogen-bond acceptors (Lipinski definition) is 3. The van der Waals surface area contributed by atoms with E-state index in [4.69, 9.17) is 4.74 Å². The van der Waals surface area contributed by atoms with Gasteiger partial charge in [-0.2, -0.15) is 0 Å². The summed E-state index contributed by atoms with van der Waals surface area (Å²) in [5.74, 6) is -1.44. The van der Waals surface area contributed by atoms with Crippen LogP contribution < -0.4 is 0 Å². The van der Waals surface area contributed by atoms with Gasteiger partial charge in [-0.15, -0.1) is 0 Å². The van der Waals surface area contributed by atoms with Gasteiger partial charge in [-0.25, -0.2) is 4.79 Å². The fraction of sp³-hybridized carbons (Fsp3) is 0.231. The molecule has 0 fully saturated rings. The second-order valence-corrected chi connectivity index (χ2v) is 3.61. The van der Waals surface area contributed by atoms with E-state index in [9.17, 15) is 9.59 Å². The first kappa shape index (κ1) is 12.2. The van der Waals surface area contributed by atoms with Crippen molar-refractivity contribution in [1.29, 1.82) is 0 Å². The summed E-state index contributed by atoms with van der Waals surface area (Å²) in [5, 5.41) is 0. The van der Waals surface area contributed by atoms with Crippen LogP contribution in [0.25, 0.3) is 6.08 Å². The highest BCUT2D eigenvalue weighted by Crippen LogP contribution is 2.07. The van der Waals surface area contributed by atoms with E-state index < -0.39 is 11.8 Å². The van der Waals surface area contributed by atoms with E-state index in [-0.39, 0.29) is 6.10 Å². The van der Waals surface area contributed by atoms with Gasteiger partial charge >= 0.3 is 5.97 Å². The first-order chi connectivity index (χ1) is 7.54. The summed E-state index contributed by atoms with van der Waals surface area (Å²) in [7, 11) is 0. The minimum absolute atomic E-state index is 0.288. The monoisotopic (exact) mass is 218 g/mol. The van der Waals surface area contributed by atoms with Crippen molar-refractivity contribution >= 4 is 17.8 Å². The quantitative estimate of drug-likeness (QED) is 0.443. The Labute approximate surface area is 94.7 Å². The van der Waals surface area contributed by atoms with Crippen molar-refractivity contribution in [2.45, 2.75) is 20.0 Å². The Morgan fingerprint density at radius 2 is 1.81 bits per heavy atom. The lowest BCUT2D eigenvalue weighted by molar-refractivity contribution is -0.141. The Kier molecular flexibility index (Phi) is 4.00. The first-order valence-corrected chi connectivity index (χ1v) is 5.02. The largest absolute Gasteiger partial charge is 0.457 e. The SMILES string of the molecule is C=Cc1ccc(C(=O)C(=O)OC(C)C)cc1. The van der Waals surface area contributed by atoms with Gasteiger partial charge in [-0.05, 0) is 19.4 Å². The van der Waals surface area contributed by atoms with Gasteiger partial charge < -0.3 is 4.74 Å². The van der Waals surface area contributed by atoms with Gasteiger partial charge in [0.25, 0.3) is 5.78 Å². The molecule has 0 saturated carbocycles. The average molecular weight is 218 g/mol. The van der Waals surface area contributed by atoms with Crippen LogP contribution >= 0.6 is 0 Å². The van der Waals surface area contributed by atoms with Crippen LogP contribution in [-0.4, -0.2) is 17.9 Å². The number of Topliss-reactive ketones (excluding diaryl/α,β-unsaturated/α-hetero) is 1. The number of ketones is 1. The molecule has 1 aromatic carbocycles. The molecule has 0 radical (unpaired) electrons. The van der Waals surface area contributed by atoms with Gasteiger partial charge in [-0.3, -0.25) is 4.79 Å². The molecule has 0 aliphatic rings. The van der Waals surface area contributed by atoms with Crippen LogP contribution in [0.5, 0.6) is 0 Å². The second kappa shape index (κ2) is 5.26. The molecule has 0 atom stereocenters. The van der Waals surface area contributed by atoms with E-state index >= 15 is 0 Å². The predicted octanol–water partition coefficient (Wildman–Crippen LogP) is 2.46. The molecule has 16 heavy (non-hydrogen) atoms. The third-order valence-corrected chi connectivity index (χ3v) is 1.94. The molecule has 1 aromatic rings. The van der Waals surface area contributed by atoms with E-state index in [1.807, 2.05) is 0 Å². The first-order valence-electron chi connectivity index (χ1n) is 5.02. The molecule has 1 rings (SSSR count). The van der Waals surface area contributed by atoms with Crippen LogP contribution in [-0.2, 0) is 9.53 Å². The van der Waals surface area contributed by atoms with Crippen molar-refractivity contribution in [2.24, 2.45) is 0 Å². The molecule has 0 N–H and O–H groups in total. The zero-order valence-electron chi connectivity index (χ0n) is 9.40. The topological polar surface area (TPSA) is 43.4 Å². The number of carbonyl (C=O) groups is 2. The minimum atomic E-state index is -0.818. The van der Waals surface area contributed by atoms with Crippen LogP contribution in [0.1, 0.15) is 29.8 Å². The summed E-state index contributed by atoms with van der Waals surface area (Å²) < 4.78 is 4.81. The summed E-state index contributed by atoms with van der Waals surface area (Å²) in [6.07, 6.45) is 1.38. The van der Waals surface area contributed by atoms with Crippen molar-refractivity contribution < 1.29 is 14.3 Å². The van der Waals surface area contributed by atoms with Crippen molar-refractivity contribution in [3.05, 3.63) is 42.0 Å². The molecule has 0 aliphatic carbocycles. The van der Waals surface area contributed by atoms with Gasteiger partial charge in [0, 0.05) is 5.56 Å². The van der Waals surface area contributed by atoms with Gasteiger partial charge in [0.2, 0.25) is 0 Å². The predicted molar refractivity (Wildman–Crippen MR) is 62.1 cm³/mol. The normalized spacial score (nSPS) is 9.94. The second-order valence-electron chi connectivity index (χ2n) is 3.61. The number of benzene rings is 1. The van der Waals surface area contributed by atoms with E-state index in [1.165, 1.54) is 0 Å². The third-order valence-electron chi connectivity index (χ3n) is 1.94. The summed E-state index contributed by atoms with van der Waals surface area (Å²) in [4.78, 5) is 22.9. The van der Waals surface area contributed by atoms with Crippen molar-refractivity contribution in [3.8, 4) is 0 Å². The maximum atomic E-state index is 11.6. The van der Waals surface area contributed by atoms with Gasteiger partial charge in [0.1, 0.15) is 0 Å². The Morgan fingerprint density at radius 3 is 2.25 bits per heavy atom. The maximum Gasteiger partial charge on any atom is 0.379 e. The molecule has 0 aromatic heterocycles. The highest BCUT2D eigenvalue weighted by Gasteiger charge is 2.18. The number of esters is 1. The fourth-order valence-corrected chi connectivity index (χ4v) is 1.16. The van der Waals surface area contributed by atoms with Crippen LogP contribution in [0.2, 0.25) is 0 Å². The number of hydrogen-bond donors (Lipinski definition) is 0. The summed E-state index contributed by atoms with van der Waals surface area (Å²) in [6, 6.07) is 6.62. The van der Waals surface area contributed by atoms with Gasteiger partial charge in [0.05, 0.1) is 6.10 Å². The van der Waals surface area contributed by atoms with Crippen LogP contribution in [0.4, 0.5) is 0 Å². The zero-order valence-corrected chi connectivity index (χ0v) is 9.40. The van der Waals surface area contributed by atoms with Gasteiger partial charge in [-0.1, -0.05) is 36.9 Å². The van der Waals surface area contributed by atoms with Crippen LogP contribution in [0.15, 0.2) is 30.8 Å². The minimum Gasteiger partial charge on any atom is -0.457 e. The van der Waals surface area contributed by atoms with E-state index in [2.05, 4.69) is 6.58 Å². The molecule has 0 saturated heterocycles. The highest BCUT2D eigenvalue weighted by molar-refractivity contribution is 6.40. The van der Waals surface area contributed by atoms with Crippen molar-refractivity contribution in [2.75, 3.05) is 0 Å². The molecule has 0 amide bonds. The molecule has 84 valence electrons. The van der Waals surface area contributed by atoms with Crippen LogP contribution in [0.3, 0.4) is 0 Å². The van der Waals surface area contributed by atoms with Crippen molar-refractivity contribution in [1.82, 2.24) is 0 Å². The Balaban J connectivity index is 2.80. The average Bonchev–Trinajstić information content (AvgIpc) is 2.27. The summed E-state index contributed by atoms with van der Waals surface area (Å²) in [6.45, 7) is 7.00. The summed E-state index contributed by atoms with van der Waals surface area (Å²) >= 11 is 0. The number of rotatable bonds is 4. The van der Waals surface area contributed by atoms with E-state index in [1.54, 1.807) is 44.2 Å². The molecule has 0 unspecified atom stereocenters. The molecule has 0 heterocycles. The molecule has 0 spiro atoms. The molecule has 3 heteroatoms. The maximum absolute atomic E-state index is 11.6. The number of carbonyl (C=O) groups excluding carboxylic acids is 2. The zero-order chi connectivity index (χ0) is 12.1. The Hall–Kier alpha value is -1.90. The molecular weight excluding hydrogens is 204 g/mol. The van der Waals surface area contributed by atoms with Crippen molar-refractivity contribution in [3.63, 3.8) is 0 Å². The molecule has 3 nitrogen and oxygen atoms in total. The lowest BCUT2D eigenvalue weighted by Crippen LogP contribution is -2.21. The van der Waals surface area contributed by atoms with Gasteiger partial charge in [0.15, 0.2) is 0 Å². The Bertz CT molecular complexity index is 402. The number of ether oxygens (including phenoxy) is 1. The highest BCUT2D eigenvalue weighted by atomic mass is 16.5. The lowest BCUT2D eigenvalue weighted by Gasteiger charge is -2.06. The third kappa shape index (κ3) is 3.05. The Morgan fingerprint density at radius 1 is 1.25 bits per heavy atom. The smallest absolute Gasteiger partial charge is 0.379 e. The van der Waals surface area contributed by atoms with E-state index in [0.717, 1.165) is 5.56 Å². The van der Waals surface area contributed by atoms with Crippen LogP contribution in [0, 0.1) is 0 Å². The fourth-order valence-electron chi connectivity index (χ4n) is 1.16. The summed E-state index contributed by atoms with van der Waals surface area (Å²) in [5.41, 5.74) is 1.23. The molecule has 0 bridgehead atoms. The standard InChI is InChI=1S/C13H14O3/c1-4-10-5-7-11(8-6-10)12(14)13(15)16-9(2)3/h4-9H,1H2,2-3H3.